The van der Waals surface area contributed by atoms with Gasteiger partial charge in [0.15, 0.2) is 11.4 Å². The molecule has 0 aliphatic rings. The molecule has 2 rings (SSSR count). The van der Waals surface area contributed by atoms with Crippen LogP contribution in [0.1, 0.15) is 29.8 Å². The molecular formula is C22H28ClN3O3. The lowest BCUT2D eigenvalue weighted by atomic mass is 10.0. The van der Waals surface area contributed by atoms with Gasteiger partial charge in [-0.3, -0.25) is 9.59 Å². The number of nitrogens with zero attached hydrogens (tertiary/aromatic N) is 1. The number of benzene rings is 2. The fourth-order valence-corrected chi connectivity index (χ4v) is 2.81. The van der Waals surface area contributed by atoms with Gasteiger partial charge < -0.3 is 20.7 Å². The van der Waals surface area contributed by atoms with Crippen molar-refractivity contribution < 1.29 is 14.3 Å². The van der Waals surface area contributed by atoms with E-state index in [4.69, 9.17) is 22.1 Å². The lowest BCUT2D eigenvalue weighted by Crippen LogP contribution is -2.48. The molecule has 6 nitrogen and oxygen atoms in total. The minimum atomic E-state index is -1.05. The Labute approximate surface area is 177 Å². The van der Waals surface area contributed by atoms with Gasteiger partial charge in [-0.1, -0.05) is 11.6 Å². The van der Waals surface area contributed by atoms with Crippen molar-refractivity contribution in [3.63, 3.8) is 0 Å². The average molecular weight is 418 g/mol. The molecule has 0 unspecified atom stereocenters. The number of nitrogens with one attached hydrogen (secondary N) is 1. The zero-order valence-electron chi connectivity index (χ0n) is 17.1. The molecule has 0 aliphatic carbocycles. The molecule has 0 saturated carbocycles. The standard InChI is InChI=1S/C22H28ClN3O3/c1-22(2,21(28)25-13-15-26(3)14-12-24)29-19-10-6-17(7-11-19)20(27)16-4-8-18(23)9-5-16/h4-11H,12-15,24H2,1-3H3,(H,25,28). The van der Waals surface area contributed by atoms with Crippen LogP contribution in [-0.2, 0) is 4.79 Å². The number of halogens is 1. The molecule has 0 bridgehead atoms. The van der Waals surface area contributed by atoms with Gasteiger partial charge in [0.05, 0.1) is 0 Å². The fraction of sp³-hybridized carbons (Fsp3) is 0.364. The molecule has 0 saturated heterocycles. The lowest BCUT2D eigenvalue weighted by Gasteiger charge is -2.26. The van der Waals surface area contributed by atoms with Gasteiger partial charge in [-0.25, -0.2) is 0 Å². The van der Waals surface area contributed by atoms with Crippen LogP contribution in [0, 0.1) is 0 Å². The number of ether oxygens (including phenoxy) is 1. The topological polar surface area (TPSA) is 84.7 Å². The first-order valence-electron chi connectivity index (χ1n) is 9.49. The van der Waals surface area contributed by atoms with Crippen molar-refractivity contribution in [2.45, 2.75) is 19.4 Å². The van der Waals surface area contributed by atoms with Gasteiger partial charge in [-0.05, 0) is 69.4 Å². The van der Waals surface area contributed by atoms with Crippen molar-refractivity contribution >= 4 is 23.3 Å². The van der Waals surface area contributed by atoms with E-state index in [1.807, 2.05) is 11.9 Å². The van der Waals surface area contributed by atoms with E-state index in [1.165, 1.54) is 0 Å². The molecule has 0 aromatic heterocycles. The second-order valence-corrected chi connectivity index (χ2v) is 7.76. The number of hydrogen-bond donors (Lipinski definition) is 2. The number of carbonyl (C=O) groups excluding carboxylic acids is 2. The number of amides is 1. The summed E-state index contributed by atoms with van der Waals surface area (Å²) in [6, 6.07) is 13.5. The molecule has 2 aromatic carbocycles. The van der Waals surface area contributed by atoms with Crippen LogP contribution in [0.15, 0.2) is 48.5 Å². The highest BCUT2D eigenvalue weighted by molar-refractivity contribution is 6.30. The zero-order chi connectivity index (χ0) is 21.4. The number of ketones is 1. The number of rotatable bonds is 10. The second kappa shape index (κ2) is 10.4. The monoisotopic (exact) mass is 417 g/mol. The largest absolute Gasteiger partial charge is 0.478 e. The maximum absolute atomic E-state index is 12.5. The predicted molar refractivity (Wildman–Crippen MR) is 116 cm³/mol. The maximum Gasteiger partial charge on any atom is 0.263 e. The quantitative estimate of drug-likeness (QED) is 0.580. The second-order valence-electron chi connectivity index (χ2n) is 7.32. The Bertz CT molecular complexity index is 820. The van der Waals surface area contributed by atoms with E-state index in [2.05, 4.69) is 5.32 Å². The average Bonchev–Trinajstić information content (AvgIpc) is 2.68. The SMILES string of the molecule is CN(CCN)CCNC(=O)C(C)(C)Oc1ccc(C(=O)c2ccc(Cl)cc2)cc1. The first-order valence-corrected chi connectivity index (χ1v) is 9.87. The normalized spacial score (nSPS) is 11.4. The summed E-state index contributed by atoms with van der Waals surface area (Å²) in [4.78, 5) is 27.0. The molecule has 0 fully saturated rings. The summed E-state index contributed by atoms with van der Waals surface area (Å²) in [6.45, 7) is 5.99. The fourth-order valence-electron chi connectivity index (χ4n) is 2.69. The molecule has 29 heavy (non-hydrogen) atoms. The maximum atomic E-state index is 12.5. The van der Waals surface area contributed by atoms with Crippen molar-refractivity contribution in [3.05, 3.63) is 64.7 Å². The third-order valence-electron chi connectivity index (χ3n) is 4.43. The Morgan fingerprint density at radius 2 is 1.59 bits per heavy atom. The van der Waals surface area contributed by atoms with Crippen LogP contribution < -0.4 is 15.8 Å². The molecule has 0 heterocycles. The van der Waals surface area contributed by atoms with E-state index >= 15 is 0 Å². The summed E-state index contributed by atoms with van der Waals surface area (Å²) >= 11 is 5.86. The summed E-state index contributed by atoms with van der Waals surface area (Å²) in [6.07, 6.45) is 0. The highest BCUT2D eigenvalue weighted by atomic mass is 35.5. The smallest absolute Gasteiger partial charge is 0.263 e. The van der Waals surface area contributed by atoms with Gasteiger partial charge in [-0.2, -0.15) is 0 Å². The molecule has 1 amide bonds. The highest BCUT2D eigenvalue weighted by Crippen LogP contribution is 2.21. The third kappa shape index (κ3) is 6.85. The van der Waals surface area contributed by atoms with Crippen LogP contribution in [0.3, 0.4) is 0 Å². The minimum absolute atomic E-state index is 0.105. The molecule has 156 valence electrons. The van der Waals surface area contributed by atoms with E-state index in [0.29, 0.717) is 41.5 Å². The predicted octanol–water partition coefficient (Wildman–Crippen LogP) is 2.74. The lowest BCUT2D eigenvalue weighted by molar-refractivity contribution is -0.134. The summed E-state index contributed by atoms with van der Waals surface area (Å²) in [7, 11) is 1.95. The van der Waals surface area contributed by atoms with Crippen LogP contribution in [0.4, 0.5) is 0 Å². The highest BCUT2D eigenvalue weighted by Gasteiger charge is 2.29. The Morgan fingerprint density at radius 1 is 1.03 bits per heavy atom. The molecule has 3 N–H and O–H groups in total. The van der Waals surface area contributed by atoms with Crippen molar-refractivity contribution in [1.29, 1.82) is 0 Å². The molecule has 7 heteroatoms. The van der Waals surface area contributed by atoms with E-state index < -0.39 is 5.60 Å². The molecule has 0 atom stereocenters. The molecule has 0 spiro atoms. The molecule has 0 radical (unpaired) electrons. The Morgan fingerprint density at radius 3 is 2.14 bits per heavy atom. The van der Waals surface area contributed by atoms with Crippen LogP contribution in [0.5, 0.6) is 5.75 Å². The van der Waals surface area contributed by atoms with E-state index in [1.54, 1.807) is 62.4 Å². The number of hydrogen-bond acceptors (Lipinski definition) is 5. The Hall–Kier alpha value is -2.41. The number of carbonyl (C=O) groups is 2. The van der Waals surface area contributed by atoms with Gasteiger partial charge in [-0.15, -0.1) is 0 Å². The summed E-state index contributed by atoms with van der Waals surface area (Å²) in [5.74, 6) is 0.199. The summed E-state index contributed by atoms with van der Waals surface area (Å²) < 4.78 is 5.85. The first kappa shape index (κ1) is 22.9. The third-order valence-corrected chi connectivity index (χ3v) is 4.68. The van der Waals surface area contributed by atoms with Gasteiger partial charge in [0.2, 0.25) is 0 Å². The van der Waals surface area contributed by atoms with Gasteiger partial charge in [0.25, 0.3) is 5.91 Å². The zero-order valence-corrected chi connectivity index (χ0v) is 17.8. The molecular weight excluding hydrogens is 390 g/mol. The summed E-state index contributed by atoms with van der Waals surface area (Å²) in [5, 5.41) is 3.46. The van der Waals surface area contributed by atoms with E-state index in [-0.39, 0.29) is 11.7 Å². The minimum Gasteiger partial charge on any atom is -0.478 e. The Kier molecular flexibility index (Phi) is 8.20. The molecule has 0 aliphatic heterocycles. The van der Waals surface area contributed by atoms with Crippen LogP contribution in [-0.4, -0.2) is 55.4 Å². The van der Waals surface area contributed by atoms with Crippen LogP contribution in [0.25, 0.3) is 0 Å². The first-order chi connectivity index (χ1) is 13.7. The van der Waals surface area contributed by atoms with Gasteiger partial charge in [0, 0.05) is 42.3 Å². The van der Waals surface area contributed by atoms with Gasteiger partial charge in [0.1, 0.15) is 5.75 Å². The van der Waals surface area contributed by atoms with E-state index in [0.717, 1.165) is 6.54 Å². The van der Waals surface area contributed by atoms with E-state index in [9.17, 15) is 9.59 Å². The number of likely N-dealkylation sites (N-methyl/N-ethyl adjacent to an activating group) is 1. The molecule has 2 aromatic rings. The number of nitrogens with two attached hydrogens (primary N) is 1. The van der Waals surface area contributed by atoms with Crippen LogP contribution in [0.2, 0.25) is 5.02 Å². The van der Waals surface area contributed by atoms with Crippen molar-refractivity contribution in [3.8, 4) is 5.75 Å². The Balaban J connectivity index is 1.94. The van der Waals surface area contributed by atoms with Crippen LogP contribution >= 0.6 is 11.6 Å². The van der Waals surface area contributed by atoms with Crippen molar-refractivity contribution in [2.24, 2.45) is 5.73 Å². The summed E-state index contributed by atoms with van der Waals surface area (Å²) in [5.41, 5.74) is 5.55. The van der Waals surface area contributed by atoms with Crippen molar-refractivity contribution in [1.82, 2.24) is 10.2 Å². The van der Waals surface area contributed by atoms with Crippen molar-refractivity contribution in [2.75, 3.05) is 33.2 Å². The van der Waals surface area contributed by atoms with Gasteiger partial charge >= 0.3 is 0 Å².